The van der Waals surface area contributed by atoms with Gasteiger partial charge in [-0.1, -0.05) is 19.9 Å². The second-order valence-corrected chi connectivity index (χ2v) is 5.95. The third-order valence-corrected chi connectivity index (χ3v) is 3.09. The lowest BCUT2D eigenvalue weighted by atomic mass is 9.81. The molecule has 0 fully saturated rings. The molecule has 0 aliphatic heterocycles. The smallest absolute Gasteiger partial charge is 0.139 e. The Kier molecular flexibility index (Phi) is 3.33. The number of carbonyl (C=O) groups excluding carboxylic acids is 1. The van der Waals surface area contributed by atoms with E-state index in [0.717, 1.165) is 16.0 Å². The minimum atomic E-state index is -0.0625. The molecule has 1 N–H and O–H groups in total. The van der Waals surface area contributed by atoms with E-state index in [1.54, 1.807) is 6.20 Å². The fraction of sp³-hybridized carbons (Fsp3) is 0.385. The van der Waals surface area contributed by atoms with Crippen LogP contribution in [0.25, 0.3) is 0 Å². The monoisotopic (exact) mass is 294 g/mol. The van der Waals surface area contributed by atoms with Crippen molar-refractivity contribution < 1.29 is 4.79 Å². The average molecular weight is 295 g/mol. The summed E-state index contributed by atoms with van der Waals surface area (Å²) in [5.41, 5.74) is 0.883. The second kappa shape index (κ2) is 4.61. The maximum atomic E-state index is 11.6. The van der Waals surface area contributed by atoms with Gasteiger partial charge in [-0.05, 0) is 33.5 Å². The van der Waals surface area contributed by atoms with E-state index >= 15 is 0 Å². The first-order valence-electron chi connectivity index (χ1n) is 5.57. The molecule has 3 nitrogen and oxygen atoms in total. The fourth-order valence-electron chi connectivity index (χ4n) is 2.05. The van der Waals surface area contributed by atoms with Crippen LogP contribution in [0, 0.1) is 5.41 Å². The molecule has 0 amide bonds. The van der Waals surface area contributed by atoms with Crippen molar-refractivity contribution in [3.05, 3.63) is 34.6 Å². The Morgan fingerprint density at radius 2 is 2.18 bits per heavy atom. The zero-order valence-corrected chi connectivity index (χ0v) is 11.5. The Morgan fingerprint density at radius 3 is 2.76 bits per heavy atom. The summed E-state index contributed by atoms with van der Waals surface area (Å²) in [5.74, 6) is 1.04. The lowest BCUT2D eigenvalue weighted by molar-refractivity contribution is -0.120. The highest BCUT2D eigenvalue weighted by molar-refractivity contribution is 9.10. The van der Waals surface area contributed by atoms with Crippen LogP contribution < -0.4 is 5.32 Å². The topological polar surface area (TPSA) is 42.0 Å². The van der Waals surface area contributed by atoms with E-state index < -0.39 is 0 Å². The molecule has 0 bridgehead atoms. The van der Waals surface area contributed by atoms with Gasteiger partial charge in [0.15, 0.2) is 0 Å². The van der Waals surface area contributed by atoms with E-state index in [1.165, 1.54) is 0 Å². The van der Waals surface area contributed by atoms with Gasteiger partial charge in [0.25, 0.3) is 0 Å². The number of Topliss-reactive ketones (excluding diaryl/α,β-unsaturated/α-hetero) is 1. The van der Waals surface area contributed by atoms with E-state index in [0.29, 0.717) is 12.8 Å². The first kappa shape index (κ1) is 12.3. The summed E-state index contributed by atoms with van der Waals surface area (Å²) >= 11 is 3.34. The van der Waals surface area contributed by atoms with E-state index in [2.05, 4.69) is 46.2 Å². The normalized spacial score (nSPS) is 18.8. The van der Waals surface area contributed by atoms with Crippen molar-refractivity contribution in [2.45, 2.75) is 26.7 Å². The zero-order chi connectivity index (χ0) is 12.5. The first-order chi connectivity index (χ1) is 7.94. The Bertz CT molecular complexity index is 463. The number of nitrogens with one attached hydrogen (secondary N) is 1. The summed E-state index contributed by atoms with van der Waals surface area (Å²) in [6.07, 6.45) is 4.95. The molecule has 1 aromatic heterocycles. The SMILES string of the molecule is CC1(C)C=C(Nc2ccc(Br)cn2)CC(=O)C1. The van der Waals surface area contributed by atoms with Crippen molar-refractivity contribution in [2.24, 2.45) is 5.41 Å². The molecule has 0 spiro atoms. The molecular weight excluding hydrogens is 280 g/mol. The highest BCUT2D eigenvalue weighted by Gasteiger charge is 2.26. The Balaban J connectivity index is 2.16. The largest absolute Gasteiger partial charge is 0.344 e. The quantitative estimate of drug-likeness (QED) is 0.907. The van der Waals surface area contributed by atoms with Gasteiger partial charge in [0.2, 0.25) is 0 Å². The first-order valence-corrected chi connectivity index (χ1v) is 6.36. The minimum absolute atomic E-state index is 0.0625. The summed E-state index contributed by atoms with van der Waals surface area (Å²) < 4.78 is 0.942. The predicted octanol–water partition coefficient (Wildman–Crippen LogP) is 3.53. The van der Waals surface area contributed by atoms with E-state index in [4.69, 9.17) is 0 Å². The van der Waals surface area contributed by atoms with E-state index in [-0.39, 0.29) is 11.2 Å². The molecule has 17 heavy (non-hydrogen) atoms. The standard InChI is InChI=1S/C13H15BrN2O/c1-13(2)6-10(5-11(17)7-13)16-12-4-3-9(14)8-15-12/h3-4,6,8H,5,7H2,1-2H3,(H,15,16). The van der Waals surface area contributed by atoms with Gasteiger partial charge in [0, 0.05) is 29.2 Å². The Hall–Kier alpha value is -1.16. The summed E-state index contributed by atoms with van der Waals surface area (Å²) in [5, 5.41) is 3.20. The van der Waals surface area contributed by atoms with E-state index in [9.17, 15) is 4.79 Å². The molecule has 0 saturated carbocycles. The van der Waals surface area contributed by atoms with Crippen molar-refractivity contribution in [2.75, 3.05) is 5.32 Å². The number of hydrogen-bond acceptors (Lipinski definition) is 3. The van der Waals surface area contributed by atoms with Crippen molar-refractivity contribution in [1.29, 1.82) is 0 Å². The van der Waals surface area contributed by atoms with Gasteiger partial charge < -0.3 is 5.32 Å². The van der Waals surface area contributed by atoms with Gasteiger partial charge in [-0.15, -0.1) is 0 Å². The molecule has 90 valence electrons. The van der Waals surface area contributed by atoms with Crippen LogP contribution in [0.15, 0.2) is 34.6 Å². The predicted molar refractivity (Wildman–Crippen MR) is 71.7 cm³/mol. The summed E-state index contributed by atoms with van der Waals surface area (Å²) in [6, 6.07) is 3.81. The molecule has 1 heterocycles. The summed E-state index contributed by atoms with van der Waals surface area (Å²) in [7, 11) is 0. The minimum Gasteiger partial charge on any atom is -0.344 e. The number of hydrogen-bond donors (Lipinski definition) is 1. The number of nitrogens with zero attached hydrogens (tertiary/aromatic N) is 1. The van der Waals surface area contributed by atoms with Gasteiger partial charge in [0.05, 0.1) is 0 Å². The number of carbonyl (C=O) groups is 1. The van der Waals surface area contributed by atoms with Crippen LogP contribution in [0.3, 0.4) is 0 Å². The van der Waals surface area contributed by atoms with Gasteiger partial charge in [0.1, 0.15) is 11.6 Å². The number of anilines is 1. The molecule has 2 rings (SSSR count). The van der Waals surface area contributed by atoms with Crippen molar-refractivity contribution >= 4 is 27.5 Å². The van der Waals surface area contributed by atoms with E-state index in [1.807, 2.05) is 12.1 Å². The van der Waals surface area contributed by atoms with Crippen LogP contribution in [-0.4, -0.2) is 10.8 Å². The molecule has 1 aromatic rings. The third-order valence-electron chi connectivity index (χ3n) is 2.62. The molecular formula is C13H15BrN2O. The average Bonchev–Trinajstić information content (AvgIpc) is 2.18. The van der Waals surface area contributed by atoms with Crippen molar-refractivity contribution in [3.63, 3.8) is 0 Å². The maximum absolute atomic E-state index is 11.6. The number of halogens is 1. The van der Waals surface area contributed by atoms with Crippen molar-refractivity contribution in [3.8, 4) is 0 Å². The fourth-order valence-corrected chi connectivity index (χ4v) is 2.29. The number of aromatic nitrogens is 1. The van der Waals surface area contributed by atoms with Gasteiger partial charge in [-0.2, -0.15) is 0 Å². The molecule has 0 radical (unpaired) electrons. The summed E-state index contributed by atoms with van der Waals surface area (Å²) in [4.78, 5) is 15.9. The zero-order valence-electron chi connectivity index (χ0n) is 9.96. The molecule has 0 saturated heterocycles. The number of ketones is 1. The maximum Gasteiger partial charge on any atom is 0.139 e. The number of rotatable bonds is 2. The molecule has 1 aliphatic carbocycles. The van der Waals surface area contributed by atoms with Gasteiger partial charge >= 0.3 is 0 Å². The van der Waals surface area contributed by atoms with Crippen LogP contribution in [-0.2, 0) is 4.79 Å². The molecule has 0 atom stereocenters. The molecule has 0 aromatic carbocycles. The van der Waals surface area contributed by atoms with Crippen LogP contribution in [0.2, 0.25) is 0 Å². The van der Waals surface area contributed by atoms with Crippen LogP contribution in [0.5, 0.6) is 0 Å². The van der Waals surface area contributed by atoms with Gasteiger partial charge in [-0.3, -0.25) is 4.79 Å². The second-order valence-electron chi connectivity index (χ2n) is 5.04. The highest BCUT2D eigenvalue weighted by atomic mass is 79.9. The molecule has 1 aliphatic rings. The van der Waals surface area contributed by atoms with Crippen LogP contribution >= 0.6 is 15.9 Å². The number of pyridine rings is 1. The van der Waals surface area contributed by atoms with Crippen LogP contribution in [0.4, 0.5) is 5.82 Å². The van der Waals surface area contributed by atoms with Crippen LogP contribution in [0.1, 0.15) is 26.7 Å². The third kappa shape index (κ3) is 3.40. The summed E-state index contributed by atoms with van der Waals surface area (Å²) in [6.45, 7) is 4.14. The molecule has 0 unspecified atom stereocenters. The highest BCUT2D eigenvalue weighted by Crippen LogP contribution is 2.31. The number of allylic oxidation sites excluding steroid dienone is 2. The lowest BCUT2D eigenvalue weighted by Gasteiger charge is -2.26. The Morgan fingerprint density at radius 1 is 1.41 bits per heavy atom. The van der Waals surface area contributed by atoms with Crippen molar-refractivity contribution in [1.82, 2.24) is 4.98 Å². The lowest BCUT2D eigenvalue weighted by Crippen LogP contribution is -2.23. The van der Waals surface area contributed by atoms with Gasteiger partial charge in [-0.25, -0.2) is 4.98 Å². The Labute approximate surface area is 109 Å². The molecule has 4 heteroatoms.